The first-order chi connectivity index (χ1) is 10.3. The van der Waals surface area contributed by atoms with Crippen LogP contribution < -0.4 is 5.32 Å². The van der Waals surface area contributed by atoms with E-state index in [1.165, 1.54) is 44.7 Å². The molecule has 2 heterocycles. The van der Waals surface area contributed by atoms with Gasteiger partial charge < -0.3 is 15.1 Å². The highest BCUT2D eigenvalue weighted by Gasteiger charge is 2.15. The number of anilines is 1. The zero-order valence-corrected chi connectivity index (χ0v) is 13.1. The fourth-order valence-corrected chi connectivity index (χ4v) is 2.65. The van der Waals surface area contributed by atoms with Crippen molar-refractivity contribution in [3.63, 3.8) is 0 Å². The quantitative estimate of drug-likeness (QED) is 0.740. The number of rotatable bonds is 8. The molecule has 0 amide bonds. The molecule has 0 spiro atoms. The van der Waals surface area contributed by atoms with Crippen molar-refractivity contribution in [1.29, 1.82) is 0 Å². The Balaban J connectivity index is 1.70. The van der Waals surface area contributed by atoms with Crippen molar-refractivity contribution in [2.24, 2.45) is 4.99 Å². The van der Waals surface area contributed by atoms with Gasteiger partial charge >= 0.3 is 0 Å². The van der Waals surface area contributed by atoms with Crippen LogP contribution in [0.4, 0.5) is 5.82 Å². The minimum Gasteiger partial charge on any atom is -0.351 e. The molecule has 0 saturated carbocycles. The van der Waals surface area contributed by atoms with Crippen molar-refractivity contribution < 1.29 is 0 Å². The number of pyridine rings is 1. The van der Waals surface area contributed by atoms with E-state index in [1.54, 1.807) is 0 Å². The molecule has 2 rings (SSSR count). The Kier molecular flexibility index (Phi) is 6.63. The van der Waals surface area contributed by atoms with Gasteiger partial charge in [-0.15, -0.1) is 0 Å². The van der Waals surface area contributed by atoms with Gasteiger partial charge in [0.15, 0.2) is 0 Å². The van der Waals surface area contributed by atoms with Crippen molar-refractivity contribution in [1.82, 2.24) is 14.8 Å². The molecule has 21 heavy (non-hydrogen) atoms. The molecule has 1 N–H and O–H groups in total. The Morgan fingerprint density at radius 3 is 2.48 bits per heavy atom. The normalized spacial score (nSPS) is 16.8. The molecule has 1 aromatic rings. The zero-order chi connectivity index (χ0) is 14.9. The smallest absolute Gasteiger partial charge is 0.127 e. The summed E-state index contributed by atoms with van der Waals surface area (Å²) in [6, 6.07) is 4.16. The highest BCUT2D eigenvalue weighted by atomic mass is 15.3. The molecule has 5 nitrogen and oxygen atoms in total. The minimum absolute atomic E-state index is 0.508. The topological polar surface area (TPSA) is 43.8 Å². The van der Waals surface area contributed by atoms with Crippen molar-refractivity contribution in [3.05, 3.63) is 23.9 Å². The van der Waals surface area contributed by atoms with Crippen LogP contribution in [-0.2, 0) is 6.42 Å². The Morgan fingerprint density at radius 1 is 1.19 bits per heavy atom. The summed E-state index contributed by atoms with van der Waals surface area (Å²) in [4.78, 5) is 13.3. The van der Waals surface area contributed by atoms with Crippen LogP contribution in [0, 0.1) is 0 Å². The molecule has 0 atom stereocenters. The van der Waals surface area contributed by atoms with Crippen LogP contribution in [-0.4, -0.2) is 67.4 Å². The van der Waals surface area contributed by atoms with E-state index in [0.717, 1.165) is 18.8 Å². The molecule has 1 aliphatic heterocycles. The Bertz CT molecular complexity index is 409. The average Bonchev–Trinajstić information content (AvgIpc) is 2.53. The summed E-state index contributed by atoms with van der Waals surface area (Å²) in [6.07, 6.45) is 4.28. The molecule has 0 radical (unpaired) electrons. The molecular formula is C16H27N5. The third-order valence-corrected chi connectivity index (χ3v) is 3.92. The number of nitrogens with zero attached hydrogens (tertiary/aromatic N) is 4. The van der Waals surface area contributed by atoms with E-state index in [2.05, 4.69) is 44.8 Å². The monoisotopic (exact) mass is 289 g/mol. The first kappa shape index (κ1) is 15.9. The molecule has 1 aromatic heterocycles. The molecule has 0 bridgehead atoms. The van der Waals surface area contributed by atoms with E-state index in [-0.39, 0.29) is 0 Å². The molecule has 1 saturated heterocycles. The molecular weight excluding hydrogens is 262 g/mol. The van der Waals surface area contributed by atoms with Crippen molar-refractivity contribution in [3.8, 4) is 0 Å². The fourth-order valence-electron chi connectivity index (χ4n) is 2.65. The second-order valence-electron chi connectivity index (χ2n) is 5.54. The lowest BCUT2D eigenvalue weighted by atomic mass is 10.2. The van der Waals surface area contributed by atoms with Gasteiger partial charge in [-0.1, -0.05) is 13.0 Å². The minimum atomic E-state index is 0.508. The maximum Gasteiger partial charge on any atom is 0.127 e. The number of hydrogen-bond donors (Lipinski definition) is 1. The second-order valence-corrected chi connectivity index (χ2v) is 5.54. The largest absolute Gasteiger partial charge is 0.351 e. The van der Waals surface area contributed by atoms with Crippen LogP contribution >= 0.6 is 0 Å². The van der Waals surface area contributed by atoms with E-state index >= 15 is 0 Å². The maximum atomic E-state index is 4.39. The van der Waals surface area contributed by atoms with Crippen molar-refractivity contribution in [2.75, 3.05) is 51.3 Å². The molecule has 5 heteroatoms. The number of aromatic nitrogens is 1. The van der Waals surface area contributed by atoms with E-state index in [0.29, 0.717) is 6.67 Å². The second kappa shape index (κ2) is 8.74. The van der Waals surface area contributed by atoms with Gasteiger partial charge in [-0.25, -0.2) is 4.98 Å². The zero-order valence-electron chi connectivity index (χ0n) is 13.1. The summed E-state index contributed by atoms with van der Waals surface area (Å²) in [5.74, 6) is 0.860. The predicted octanol–water partition coefficient (Wildman–Crippen LogP) is 1.72. The summed E-state index contributed by atoms with van der Waals surface area (Å²) in [5.41, 5.74) is 1.29. The lowest BCUT2D eigenvalue weighted by molar-refractivity contribution is 0.133. The lowest BCUT2D eigenvalue weighted by Crippen LogP contribution is -2.46. The van der Waals surface area contributed by atoms with Gasteiger partial charge in [0.1, 0.15) is 12.5 Å². The van der Waals surface area contributed by atoms with Crippen LogP contribution in [0.5, 0.6) is 0 Å². The van der Waals surface area contributed by atoms with Gasteiger partial charge in [-0.05, 0) is 37.7 Å². The van der Waals surface area contributed by atoms with E-state index in [9.17, 15) is 0 Å². The Hall–Kier alpha value is -1.46. The van der Waals surface area contributed by atoms with Gasteiger partial charge in [0, 0.05) is 38.9 Å². The third-order valence-electron chi connectivity index (χ3n) is 3.92. The highest BCUT2D eigenvalue weighted by molar-refractivity contribution is 5.36. The Morgan fingerprint density at radius 2 is 1.90 bits per heavy atom. The third kappa shape index (κ3) is 5.44. The lowest BCUT2D eigenvalue weighted by Gasteiger charge is -2.34. The number of piperazine rings is 1. The number of nitrogens with one attached hydrogen (secondary N) is 1. The van der Waals surface area contributed by atoms with Gasteiger partial charge in [0.2, 0.25) is 0 Å². The predicted molar refractivity (Wildman–Crippen MR) is 89.2 cm³/mol. The molecule has 116 valence electrons. The Labute approximate surface area is 128 Å². The van der Waals surface area contributed by atoms with E-state index < -0.39 is 0 Å². The summed E-state index contributed by atoms with van der Waals surface area (Å²) >= 11 is 0. The molecule has 0 unspecified atom stereocenters. The van der Waals surface area contributed by atoms with E-state index in [1.807, 2.05) is 12.3 Å². The van der Waals surface area contributed by atoms with Gasteiger partial charge in [-0.3, -0.25) is 4.99 Å². The van der Waals surface area contributed by atoms with Crippen LogP contribution in [0.2, 0.25) is 0 Å². The highest BCUT2D eigenvalue weighted by Crippen LogP contribution is 2.08. The first-order valence-corrected chi connectivity index (χ1v) is 7.88. The van der Waals surface area contributed by atoms with E-state index in [4.69, 9.17) is 0 Å². The van der Waals surface area contributed by atoms with Crippen LogP contribution in [0.3, 0.4) is 0 Å². The van der Waals surface area contributed by atoms with Crippen molar-refractivity contribution in [2.45, 2.75) is 19.8 Å². The first-order valence-electron chi connectivity index (χ1n) is 7.88. The number of hydrogen-bond acceptors (Lipinski definition) is 5. The standard InChI is InChI=1S/C16H27N5/c1-3-7-20-9-11-21(12-10-20)8-6-15-4-5-16(18-13-15)19-14-17-2/h4-5,13H,2-3,6-12,14H2,1H3,(H,18,19). The molecule has 0 aromatic carbocycles. The maximum absolute atomic E-state index is 4.39. The number of aliphatic imine (C=N–C) groups is 1. The summed E-state index contributed by atoms with van der Waals surface area (Å²) in [7, 11) is 0. The van der Waals surface area contributed by atoms with Gasteiger partial charge in [0.25, 0.3) is 0 Å². The molecule has 0 aliphatic carbocycles. The summed E-state index contributed by atoms with van der Waals surface area (Å²) in [6.45, 7) is 13.4. The van der Waals surface area contributed by atoms with Crippen LogP contribution in [0.15, 0.2) is 23.3 Å². The van der Waals surface area contributed by atoms with Gasteiger partial charge in [0.05, 0.1) is 0 Å². The summed E-state index contributed by atoms with van der Waals surface area (Å²) in [5, 5.41) is 3.09. The van der Waals surface area contributed by atoms with Crippen molar-refractivity contribution >= 4 is 12.5 Å². The van der Waals surface area contributed by atoms with Crippen LogP contribution in [0.1, 0.15) is 18.9 Å². The van der Waals surface area contributed by atoms with Gasteiger partial charge in [-0.2, -0.15) is 0 Å². The van der Waals surface area contributed by atoms with Crippen LogP contribution in [0.25, 0.3) is 0 Å². The summed E-state index contributed by atoms with van der Waals surface area (Å²) < 4.78 is 0. The molecule has 1 fully saturated rings. The fraction of sp³-hybridized carbons (Fsp3) is 0.625. The average molecular weight is 289 g/mol. The SMILES string of the molecule is C=NCNc1ccc(CCN2CCN(CCC)CC2)cn1. The molecule has 1 aliphatic rings.